The highest BCUT2D eigenvalue weighted by atomic mass is 16.5. The predicted molar refractivity (Wildman–Crippen MR) is 107 cm³/mol. The summed E-state index contributed by atoms with van der Waals surface area (Å²) in [6.45, 7) is 3.91. The van der Waals surface area contributed by atoms with E-state index in [1.54, 1.807) is 61.8 Å². The summed E-state index contributed by atoms with van der Waals surface area (Å²) in [5, 5.41) is 2.81. The molecule has 144 valence electrons. The molecule has 0 bridgehead atoms. The third kappa shape index (κ3) is 5.01. The number of pyridine rings is 1. The number of hydrogen-bond acceptors (Lipinski definition) is 5. The van der Waals surface area contributed by atoms with Crippen molar-refractivity contribution in [3.05, 3.63) is 72.4 Å². The van der Waals surface area contributed by atoms with E-state index in [9.17, 15) is 4.79 Å². The van der Waals surface area contributed by atoms with Crippen LogP contribution < -0.4 is 19.5 Å². The van der Waals surface area contributed by atoms with Crippen molar-refractivity contribution in [2.75, 3.05) is 12.4 Å². The lowest BCUT2D eigenvalue weighted by Gasteiger charge is -2.11. The third-order valence-electron chi connectivity index (χ3n) is 3.77. The lowest BCUT2D eigenvalue weighted by molar-refractivity contribution is 0.102. The first-order chi connectivity index (χ1) is 13.5. The van der Waals surface area contributed by atoms with Crippen LogP contribution in [0.15, 0.2) is 66.9 Å². The summed E-state index contributed by atoms with van der Waals surface area (Å²) in [6, 6.07) is 17.7. The molecule has 3 rings (SSSR count). The monoisotopic (exact) mass is 378 g/mol. The van der Waals surface area contributed by atoms with Gasteiger partial charge in [0.25, 0.3) is 5.91 Å². The van der Waals surface area contributed by atoms with Gasteiger partial charge in [0, 0.05) is 11.6 Å². The molecule has 0 aliphatic heterocycles. The van der Waals surface area contributed by atoms with Crippen molar-refractivity contribution in [3.8, 4) is 23.1 Å². The maximum atomic E-state index is 12.4. The standard InChI is InChI=1S/C22H22N2O4/c1-15(2)27-18-11-8-16(9-12-18)22(25)24-17-10-13-21(23-14-17)28-20-7-5-4-6-19(20)26-3/h4-15H,1-3H3,(H,24,25). The Morgan fingerprint density at radius 3 is 2.29 bits per heavy atom. The Morgan fingerprint density at radius 1 is 0.964 bits per heavy atom. The topological polar surface area (TPSA) is 69.7 Å². The lowest BCUT2D eigenvalue weighted by Crippen LogP contribution is -2.12. The van der Waals surface area contributed by atoms with Crippen LogP contribution >= 0.6 is 0 Å². The fourth-order valence-electron chi connectivity index (χ4n) is 2.49. The predicted octanol–water partition coefficient (Wildman–Crippen LogP) is 4.92. The van der Waals surface area contributed by atoms with Crippen molar-refractivity contribution in [1.29, 1.82) is 0 Å². The Labute approximate surface area is 164 Å². The van der Waals surface area contributed by atoms with Crippen LogP contribution in [0.3, 0.4) is 0 Å². The Bertz CT molecular complexity index is 922. The third-order valence-corrected chi connectivity index (χ3v) is 3.77. The van der Waals surface area contributed by atoms with E-state index in [2.05, 4.69) is 10.3 Å². The maximum absolute atomic E-state index is 12.4. The van der Waals surface area contributed by atoms with Crippen molar-refractivity contribution < 1.29 is 19.0 Å². The minimum Gasteiger partial charge on any atom is -0.493 e. The molecule has 0 fully saturated rings. The molecule has 0 radical (unpaired) electrons. The number of hydrogen-bond donors (Lipinski definition) is 1. The first-order valence-corrected chi connectivity index (χ1v) is 8.90. The van der Waals surface area contributed by atoms with Crippen LogP contribution in [0.4, 0.5) is 5.69 Å². The van der Waals surface area contributed by atoms with Crippen molar-refractivity contribution in [3.63, 3.8) is 0 Å². The molecule has 0 aliphatic rings. The average Bonchev–Trinajstić information content (AvgIpc) is 2.70. The number of methoxy groups -OCH3 is 1. The largest absolute Gasteiger partial charge is 0.493 e. The van der Waals surface area contributed by atoms with Gasteiger partial charge in [-0.15, -0.1) is 0 Å². The lowest BCUT2D eigenvalue weighted by atomic mass is 10.2. The zero-order valence-corrected chi connectivity index (χ0v) is 16.0. The molecule has 28 heavy (non-hydrogen) atoms. The Balaban J connectivity index is 1.63. The van der Waals surface area contributed by atoms with Crippen molar-refractivity contribution in [1.82, 2.24) is 4.98 Å². The van der Waals surface area contributed by atoms with Crippen LogP contribution in [0.2, 0.25) is 0 Å². The molecule has 0 saturated carbocycles. The van der Waals surface area contributed by atoms with Gasteiger partial charge in [0.2, 0.25) is 5.88 Å². The SMILES string of the molecule is COc1ccccc1Oc1ccc(NC(=O)c2ccc(OC(C)C)cc2)cn1. The second kappa shape index (κ2) is 8.90. The number of carbonyl (C=O) groups excluding carboxylic acids is 1. The van der Waals surface area contributed by atoms with Crippen LogP contribution in [-0.4, -0.2) is 24.1 Å². The van der Waals surface area contributed by atoms with Gasteiger partial charge in [-0.1, -0.05) is 12.1 Å². The molecule has 6 heteroatoms. The van der Waals surface area contributed by atoms with Gasteiger partial charge < -0.3 is 19.5 Å². The summed E-state index contributed by atoms with van der Waals surface area (Å²) in [4.78, 5) is 16.6. The zero-order valence-electron chi connectivity index (χ0n) is 16.0. The summed E-state index contributed by atoms with van der Waals surface area (Å²) < 4.78 is 16.6. The summed E-state index contributed by atoms with van der Waals surface area (Å²) in [5.41, 5.74) is 1.10. The van der Waals surface area contributed by atoms with Crippen LogP contribution in [0, 0.1) is 0 Å². The number of anilines is 1. The molecule has 1 amide bonds. The molecule has 0 unspecified atom stereocenters. The van der Waals surface area contributed by atoms with Gasteiger partial charge in [-0.25, -0.2) is 4.98 Å². The minimum atomic E-state index is -0.226. The van der Waals surface area contributed by atoms with Crippen LogP contribution in [-0.2, 0) is 0 Å². The van der Waals surface area contributed by atoms with E-state index in [4.69, 9.17) is 14.2 Å². The molecule has 0 saturated heterocycles. The quantitative estimate of drug-likeness (QED) is 0.632. The zero-order chi connectivity index (χ0) is 19.9. The van der Waals surface area contributed by atoms with Crippen molar-refractivity contribution in [2.24, 2.45) is 0 Å². The molecule has 0 spiro atoms. The highest BCUT2D eigenvalue weighted by Gasteiger charge is 2.09. The first-order valence-electron chi connectivity index (χ1n) is 8.90. The average molecular weight is 378 g/mol. The van der Waals surface area contributed by atoms with Crippen molar-refractivity contribution >= 4 is 11.6 Å². The normalized spacial score (nSPS) is 10.4. The Kier molecular flexibility index (Phi) is 6.11. The first kappa shape index (κ1) is 19.2. The summed E-state index contributed by atoms with van der Waals surface area (Å²) in [5.74, 6) is 2.09. The summed E-state index contributed by atoms with van der Waals surface area (Å²) in [7, 11) is 1.58. The molecule has 1 N–H and O–H groups in total. The molecule has 1 aromatic heterocycles. The minimum absolute atomic E-state index is 0.0855. The number of ether oxygens (including phenoxy) is 3. The van der Waals surface area contributed by atoms with Crippen LogP contribution in [0.5, 0.6) is 23.1 Å². The number of nitrogens with one attached hydrogen (secondary N) is 1. The molecular formula is C22H22N2O4. The number of amides is 1. The highest BCUT2D eigenvalue weighted by molar-refractivity contribution is 6.04. The second-order valence-electron chi connectivity index (χ2n) is 6.28. The molecule has 6 nitrogen and oxygen atoms in total. The van der Waals surface area contributed by atoms with E-state index in [-0.39, 0.29) is 12.0 Å². The second-order valence-corrected chi connectivity index (χ2v) is 6.28. The maximum Gasteiger partial charge on any atom is 0.255 e. The Morgan fingerprint density at radius 2 is 1.68 bits per heavy atom. The van der Waals surface area contributed by atoms with Gasteiger partial charge in [0.15, 0.2) is 11.5 Å². The summed E-state index contributed by atoms with van der Waals surface area (Å²) in [6.07, 6.45) is 1.63. The molecule has 1 heterocycles. The van der Waals surface area contributed by atoms with Gasteiger partial charge in [0.05, 0.1) is 25.1 Å². The fraction of sp³-hybridized carbons (Fsp3) is 0.182. The molecule has 3 aromatic rings. The van der Waals surface area contributed by atoms with Gasteiger partial charge in [-0.2, -0.15) is 0 Å². The number of nitrogens with zero attached hydrogens (tertiary/aromatic N) is 1. The van der Waals surface area contributed by atoms with Gasteiger partial charge in [0.1, 0.15) is 5.75 Å². The van der Waals surface area contributed by atoms with Gasteiger partial charge in [-0.3, -0.25) is 4.79 Å². The number of carbonyl (C=O) groups is 1. The van der Waals surface area contributed by atoms with E-state index < -0.39 is 0 Å². The number of para-hydroxylation sites is 2. The van der Waals surface area contributed by atoms with Crippen molar-refractivity contribution in [2.45, 2.75) is 20.0 Å². The van der Waals surface area contributed by atoms with Crippen LogP contribution in [0.25, 0.3) is 0 Å². The molecular weight excluding hydrogens is 356 g/mol. The van der Waals surface area contributed by atoms with E-state index >= 15 is 0 Å². The number of rotatable bonds is 7. The fourth-order valence-corrected chi connectivity index (χ4v) is 2.49. The number of aromatic nitrogens is 1. The van der Waals surface area contributed by atoms with E-state index in [0.29, 0.717) is 28.6 Å². The Hall–Kier alpha value is -3.54. The number of benzene rings is 2. The molecule has 0 aliphatic carbocycles. The van der Waals surface area contributed by atoms with Gasteiger partial charge >= 0.3 is 0 Å². The summed E-state index contributed by atoms with van der Waals surface area (Å²) >= 11 is 0. The molecule has 0 atom stereocenters. The highest BCUT2D eigenvalue weighted by Crippen LogP contribution is 2.30. The molecule has 2 aromatic carbocycles. The van der Waals surface area contributed by atoms with Crippen LogP contribution in [0.1, 0.15) is 24.2 Å². The van der Waals surface area contributed by atoms with E-state index in [0.717, 1.165) is 5.75 Å². The smallest absolute Gasteiger partial charge is 0.255 e. The van der Waals surface area contributed by atoms with Gasteiger partial charge in [-0.05, 0) is 56.3 Å². The van der Waals surface area contributed by atoms with E-state index in [1.807, 2.05) is 26.0 Å². The van der Waals surface area contributed by atoms with E-state index in [1.165, 1.54) is 0 Å².